The van der Waals surface area contributed by atoms with Gasteiger partial charge in [-0.05, 0) is 45.7 Å². The van der Waals surface area contributed by atoms with E-state index in [0.717, 1.165) is 50.8 Å². The fourth-order valence-corrected chi connectivity index (χ4v) is 3.36. The van der Waals surface area contributed by atoms with Gasteiger partial charge in [-0.1, -0.05) is 6.07 Å². The fourth-order valence-electron chi connectivity index (χ4n) is 3.36. The number of anilines is 1. The summed E-state index contributed by atoms with van der Waals surface area (Å²) in [5.74, 6) is 1.88. The van der Waals surface area contributed by atoms with Crippen LogP contribution < -0.4 is 10.6 Å². The van der Waals surface area contributed by atoms with Gasteiger partial charge in [0.1, 0.15) is 11.4 Å². The molecule has 154 valence electrons. The highest BCUT2D eigenvalue weighted by atomic mass is 16.6. The Morgan fingerprint density at radius 2 is 2.00 bits per heavy atom. The number of nitrogens with one attached hydrogen (secondary N) is 2. The number of piperazine rings is 1. The van der Waals surface area contributed by atoms with E-state index in [0.29, 0.717) is 13.1 Å². The van der Waals surface area contributed by atoms with Crippen LogP contribution in [0.15, 0.2) is 29.4 Å². The largest absolute Gasteiger partial charge is 0.444 e. The second-order valence-corrected chi connectivity index (χ2v) is 8.21. The maximum absolute atomic E-state index is 12.3. The highest BCUT2D eigenvalue weighted by Crippen LogP contribution is 2.18. The number of fused-ring (bicyclic) bond motifs is 1. The molecular formula is C20H32N6O2. The van der Waals surface area contributed by atoms with E-state index in [1.165, 1.54) is 0 Å². The van der Waals surface area contributed by atoms with Gasteiger partial charge in [-0.3, -0.25) is 4.99 Å². The van der Waals surface area contributed by atoms with Crippen LogP contribution in [0.3, 0.4) is 0 Å². The molecule has 1 aromatic heterocycles. The van der Waals surface area contributed by atoms with Gasteiger partial charge in [0, 0.05) is 38.9 Å². The van der Waals surface area contributed by atoms with Crippen LogP contribution in [0.1, 0.15) is 33.6 Å². The molecule has 0 aliphatic carbocycles. The number of carbonyl (C=O) groups excluding carboxylic acids is 1. The summed E-state index contributed by atoms with van der Waals surface area (Å²) >= 11 is 0. The molecule has 0 aromatic carbocycles. The average Bonchev–Trinajstić information content (AvgIpc) is 3.06. The van der Waals surface area contributed by atoms with Crippen molar-refractivity contribution in [3.05, 3.63) is 24.4 Å². The lowest BCUT2D eigenvalue weighted by Gasteiger charge is -2.39. The molecule has 8 nitrogen and oxygen atoms in total. The number of aromatic nitrogens is 1. The highest BCUT2D eigenvalue weighted by Gasteiger charge is 2.36. The predicted molar refractivity (Wildman–Crippen MR) is 111 cm³/mol. The van der Waals surface area contributed by atoms with Crippen LogP contribution >= 0.6 is 0 Å². The van der Waals surface area contributed by atoms with Gasteiger partial charge in [0.25, 0.3) is 0 Å². The van der Waals surface area contributed by atoms with E-state index in [2.05, 4.69) is 25.5 Å². The maximum atomic E-state index is 12.3. The standard InChI is InChI=1S/C20H32N6O2/c1-20(2,3)28-19(27)25-12-13-26-16(15-25)14-24-18(26)23-11-7-6-10-22-17-8-4-5-9-21-17/h4-5,8-9,16H,6-7,10-15H2,1-3H3,(H,21,22)(H,23,24). The van der Waals surface area contributed by atoms with E-state index >= 15 is 0 Å². The lowest BCUT2D eigenvalue weighted by Crippen LogP contribution is -2.57. The van der Waals surface area contributed by atoms with Crippen LogP contribution in [0.5, 0.6) is 0 Å². The molecule has 28 heavy (non-hydrogen) atoms. The Bertz CT molecular complexity index is 673. The van der Waals surface area contributed by atoms with Crippen molar-refractivity contribution in [3.63, 3.8) is 0 Å². The SMILES string of the molecule is CC(C)(C)OC(=O)N1CCN2C(NCCCCNc3ccccn3)=NCC2C1. The average molecular weight is 389 g/mol. The highest BCUT2D eigenvalue weighted by molar-refractivity contribution is 5.82. The van der Waals surface area contributed by atoms with Crippen LogP contribution in [-0.2, 0) is 4.74 Å². The maximum Gasteiger partial charge on any atom is 0.410 e. The molecule has 1 fully saturated rings. The molecule has 1 atom stereocenters. The van der Waals surface area contributed by atoms with Crippen molar-refractivity contribution in [2.75, 3.05) is 44.6 Å². The molecule has 2 aliphatic heterocycles. The fraction of sp³-hybridized carbons (Fsp3) is 0.650. The molecule has 3 heterocycles. The second kappa shape index (κ2) is 9.12. The molecule has 1 aromatic rings. The zero-order valence-corrected chi connectivity index (χ0v) is 17.1. The minimum atomic E-state index is -0.460. The third kappa shape index (κ3) is 5.74. The number of ether oxygens (including phenoxy) is 1. The minimum absolute atomic E-state index is 0.228. The van der Waals surface area contributed by atoms with Crippen LogP contribution in [0.2, 0.25) is 0 Å². The van der Waals surface area contributed by atoms with E-state index in [9.17, 15) is 4.79 Å². The Balaban J connectivity index is 1.33. The van der Waals surface area contributed by atoms with Crippen molar-refractivity contribution in [1.82, 2.24) is 20.1 Å². The van der Waals surface area contributed by atoms with E-state index in [1.807, 2.05) is 39.0 Å². The van der Waals surface area contributed by atoms with Gasteiger partial charge in [-0.15, -0.1) is 0 Å². The normalized spacial score (nSPS) is 19.1. The number of hydrogen-bond donors (Lipinski definition) is 2. The van der Waals surface area contributed by atoms with E-state index in [4.69, 9.17) is 4.74 Å². The Labute approximate surface area is 167 Å². The topological polar surface area (TPSA) is 82.1 Å². The van der Waals surface area contributed by atoms with E-state index in [-0.39, 0.29) is 12.1 Å². The summed E-state index contributed by atoms with van der Waals surface area (Å²) in [6.07, 6.45) is 3.68. The summed E-state index contributed by atoms with van der Waals surface area (Å²) in [6.45, 7) is 10.3. The van der Waals surface area contributed by atoms with E-state index < -0.39 is 5.60 Å². The zero-order valence-electron chi connectivity index (χ0n) is 17.1. The molecule has 2 aliphatic rings. The first-order chi connectivity index (χ1) is 13.4. The van der Waals surface area contributed by atoms with Crippen molar-refractivity contribution in [3.8, 4) is 0 Å². The first kappa shape index (κ1) is 20.2. The number of pyridine rings is 1. The predicted octanol–water partition coefficient (Wildman–Crippen LogP) is 2.15. The molecule has 0 radical (unpaired) electrons. The Morgan fingerprint density at radius 3 is 2.71 bits per heavy atom. The van der Waals surface area contributed by atoms with Gasteiger partial charge in [-0.25, -0.2) is 9.78 Å². The smallest absolute Gasteiger partial charge is 0.410 e. The van der Waals surface area contributed by atoms with Gasteiger partial charge in [-0.2, -0.15) is 0 Å². The number of nitrogens with zero attached hydrogens (tertiary/aromatic N) is 4. The van der Waals surface area contributed by atoms with Gasteiger partial charge < -0.3 is 25.2 Å². The first-order valence-electron chi connectivity index (χ1n) is 10.1. The Hall–Kier alpha value is -2.51. The van der Waals surface area contributed by atoms with E-state index in [1.54, 1.807) is 11.1 Å². The number of unbranched alkanes of at least 4 members (excludes halogenated alkanes) is 1. The van der Waals surface area contributed by atoms with Gasteiger partial charge in [0.2, 0.25) is 0 Å². The van der Waals surface area contributed by atoms with Crippen LogP contribution in [0.25, 0.3) is 0 Å². The van der Waals surface area contributed by atoms with Crippen LogP contribution in [0, 0.1) is 0 Å². The molecule has 0 spiro atoms. The molecule has 0 saturated carbocycles. The first-order valence-corrected chi connectivity index (χ1v) is 10.1. The summed E-state index contributed by atoms with van der Waals surface area (Å²) in [6, 6.07) is 6.11. The summed E-state index contributed by atoms with van der Waals surface area (Å²) in [7, 11) is 0. The monoisotopic (exact) mass is 388 g/mol. The third-order valence-electron chi connectivity index (χ3n) is 4.72. The van der Waals surface area contributed by atoms with Gasteiger partial charge in [0.15, 0.2) is 5.96 Å². The number of carbonyl (C=O) groups is 1. The molecule has 3 rings (SSSR count). The zero-order chi connectivity index (χ0) is 20.0. The summed E-state index contributed by atoms with van der Waals surface area (Å²) in [5.41, 5.74) is -0.460. The van der Waals surface area contributed by atoms with Gasteiger partial charge in [0.05, 0.1) is 12.6 Å². The molecule has 0 bridgehead atoms. The summed E-state index contributed by atoms with van der Waals surface area (Å²) < 4.78 is 5.49. The molecule has 2 N–H and O–H groups in total. The van der Waals surface area contributed by atoms with Crippen molar-refractivity contribution in [1.29, 1.82) is 0 Å². The Morgan fingerprint density at radius 1 is 1.21 bits per heavy atom. The van der Waals surface area contributed by atoms with Crippen molar-refractivity contribution in [2.24, 2.45) is 4.99 Å². The number of rotatable bonds is 6. The molecule has 1 amide bonds. The third-order valence-corrected chi connectivity index (χ3v) is 4.72. The number of aliphatic imine (C=N–C) groups is 1. The van der Waals surface area contributed by atoms with Crippen LogP contribution in [0.4, 0.5) is 10.6 Å². The van der Waals surface area contributed by atoms with Crippen molar-refractivity contribution >= 4 is 17.9 Å². The molecule has 1 saturated heterocycles. The minimum Gasteiger partial charge on any atom is -0.444 e. The number of hydrogen-bond acceptors (Lipinski definition) is 7. The molecule has 8 heteroatoms. The lowest BCUT2D eigenvalue weighted by molar-refractivity contribution is 0.0137. The molecule has 1 unspecified atom stereocenters. The van der Waals surface area contributed by atoms with Gasteiger partial charge >= 0.3 is 6.09 Å². The van der Waals surface area contributed by atoms with Crippen molar-refractivity contribution in [2.45, 2.75) is 45.3 Å². The number of amides is 1. The quantitative estimate of drug-likeness (QED) is 0.727. The van der Waals surface area contributed by atoms with Crippen molar-refractivity contribution < 1.29 is 9.53 Å². The second-order valence-electron chi connectivity index (χ2n) is 8.21. The summed E-state index contributed by atoms with van der Waals surface area (Å²) in [5, 5.41) is 6.78. The number of guanidine groups is 1. The summed E-state index contributed by atoms with van der Waals surface area (Å²) in [4.78, 5) is 25.3. The lowest BCUT2D eigenvalue weighted by atomic mass is 10.2. The van der Waals surface area contributed by atoms with Crippen LogP contribution in [-0.4, -0.2) is 77.7 Å². The molecular weight excluding hydrogens is 356 g/mol. The Kier molecular flexibility index (Phi) is 6.59.